The zero-order valence-corrected chi connectivity index (χ0v) is 17.4. The Kier molecular flexibility index (Phi) is 6.02. The lowest BCUT2D eigenvalue weighted by atomic mass is 10.0. The molecule has 0 aliphatic rings. The first kappa shape index (κ1) is 21.9. The topological polar surface area (TPSA) is 75.8 Å². The lowest BCUT2D eigenvalue weighted by Crippen LogP contribution is -2.32. The van der Waals surface area contributed by atoms with Gasteiger partial charge < -0.3 is 0 Å². The minimum absolute atomic E-state index is 0.0778. The van der Waals surface area contributed by atoms with Gasteiger partial charge in [0.15, 0.2) is 0 Å². The molecule has 0 fully saturated rings. The number of carbonyl (C=O) groups excluding carboxylic acids is 1. The molecule has 2 heterocycles. The molecule has 162 valence electrons. The fourth-order valence-electron chi connectivity index (χ4n) is 3.12. The molecular weight excluding hydrogens is 451 g/mol. The Bertz CT molecular complexity index is 1600. The Morgan fingerprint density at radius 2 is 1.76 bits per heavy atom. The van der Waals surface area contributed by atoms with Crippen molar-refractivity contribution in [3.63, 3.8) is 0 Å². The van der Waals surface area contributed by atoms with Crippen molar-refractivity contribution in [1.29, 1.82) is 5.26 Å². The normalized spacial score (nSPS) is 12.4. The van der Waals surface area contributed by atoms with Gasteiger partial charge in [0.2, 0.25) is 5.78 Å². The van der Waals surface area contributed by atoms with Gasteiger partial charge in [-0.3, -0.25) is 19.1 Å². The van der Waals surface area contributed by atoms with E-state index in [4.69, 9.17) is 0 Å². The molecule has 0 radical (unpaired) electrons. The van der Waals surface area contributed by atoms with E-state index in [-0.39, 0.29) is 20.4 Å². The molecule has 0 aliphatic carbocycles. The number of ketones is 1. The summed E-state index contributed by atoms with van der Waals surface area (Å²) in [5.74, 6) is -3.75. The van der Waals surface area contributed by atoms with E-state index in [0.717, 1.165) is 34.1 Å². The monoisotopic (exact) mass is 463 g/mol. The number of halogens is 3. The molecule has 4 rings (SSSR count). The second-order valence-corrected chi connectivity index (χ2v) is 7.76. The minimum Gasteiger partial charge on any atom is -0.288 e. The molecule has 5 nitrogen and oxygen atoms in total. The Labute approximate surface area is 188 Å². The first-order chi connectivity index (χ1) is 15.9. The molecule has 33 heavy (non-hydrogen) atoms. The average molecular weight is 463 g/mol. The number of pyridine rings is 1. The van der Waals surface area contributed by atoms with Crippen LogP contribution >= 0.6 is 11.3 Å². The molecule has 2 aromatic heterocycles. The van der Waals surface area contributed by atoms with Crippen molar-refractivity contribution in [3.8, 4) is 11.8 Å². The average Bonchev–Trinajstić information content (AvgIpc) is 3.11. The van der Waals surface area contributed by atoms with Crippen LogP contribution in [0.15, 0.2) is 71.8 Å². The van der Waals surface area contributed by atoms with E-state index in [2.05, 4.69) is 4.98 Å². The van der Waals surface area contributed by atoms with Gasteiger partial charge in [-0.1, -0.05) is 12.1 Å². The van der Waals surface area contributed by atoms with Crippen LogP contribution in [-0.4, -0.2) is 15.3 Å². The van der Waals surface area contributed by atoms with Crippen molar-refractivity contribution < 1.29 is 18.0 Å². The third-order valence-corrected chi connectivity index (χ3v) is 5.74. The zero-order valence-electron chi connectivity index (χ0n) is 16.6. The lowest BCUT2D eigenvalue weighted by Gasteiger charge is -2.06. The van der Waals surface area contributed by atoms with E-state index >= 15 is 0 Å². The second-order valence-electron chi connectivity index (χ2n) is 6.73. The third-order valence-electron chi connectivity index (χ3n) is 4.65. The summed E-state index contributed by atoms with van der Waals surface area (Å²) in [6.07, 6.45) is 4.50. The van der Waals surface area contributed by atoms with E-state index in [0.29, 0.717) is 11.6 Å². The highest BCUT2D eigenvalue weighted by Crippen LogP contribution is 2.15. The van der Waals surface area contributed by atoms with Crippen LogP contribution in [0.3, 0.4) is 0 Å². The molecule has 0 bridgehead atoms. The van der Waals surface area contributed by atoms with Gasteiger partial charge in [-0.25, -0.2) is 13.2 Å². The zero-order chi connectivity index (χ0) is 23.5. The highest BCUT2D eigenvalue weighted by Gasteiger charge is 2.22. The van der Waals surface area contributed by atoms with Gasteiger partial charge in [0.1, 0.15) is 33.8 Å². The predicted molar refractivity (Wildman–Crippen MR) is 117 cm³/mol. The molecule has 0 aliphatic heterocycles. The van der Waals surface area contributed by atoms with E-state index < -0.39 is 34.4 Å². The summed E-state index contributed by atoms with van der Waals surface area (Å²) in [6.45, 7) is 0. The van der Waals surface area contributed by atoms with Crippen LogP contribution in [0.25, 0.3) is 17.3 Å². The summed E-state index contributed by atoms with van der Waals surface area (Å²) in [6, 6.07) is 12.6. The van der Waals surface area contributed by atoms with Crippen molar-refractivity contribution >= 4 is 28.8 Å². The summed E-state index contributed by atoms with van der Waals surface area (Å²) in [4.78, 5) is 30.1. The standard InChI is InChI=1S/C24H12F3N3O2S/c25-15-5-6-20(19(27)12-15)30-23(32)21(11-14-7-9-29-10-8-14)33-24(30)17(13-28)22(31)16-3-1-2-4-18(16)26/h1-12H/b21-11+,24-17-. The summed E-state index contributed by atoms with van der Waals surface area (Å²) in [5.41, 5.74) is -1.41. The van der Waals surface area contributed by atoms with Crippen LogP contribution in [0.1, 0.15) is 15.9 Å². The SMILES string of the molecule is N#C/C(C(=O)c1ccccc1F)=c1/s/c(=C/c2ccncc2)c(=O)n1-c1ccc(F)cc1F. The molecule has 0 saturated carbocycles. The first-order valence-electron chi connectivity index (χ1n) is 9.43. The van der Waals surface area contributed by atoms with E-state index in [1.807, 2.05) is 0 Å². The molecule has 0 saturated heterocycles. The van der Waals surface area contributed by atoms with Crippen LogP contribution < -0.4 is 14.8 Å². The highest BCUT2D eigenvalue weighted by atomic mass is 32.1. The number of carbonyl (C=O) groups is 1. The number of benzene rings is 2. The quantitative estimate of drug-likeness (QED) is 0.436. The summed E-state index contributed by atoms with van der Waals surface area (Å²) in [7, 11) is 0. The van der Waals surface area contributed by atoms with Gasteiger partial charge in [0.05, 0.1) is 15.8 Å². The van der Waals surface area contributed by atoms with E-state index in [1.54, 1.807) is 18.2 Å². The van der Waals surface area contributed by atoms with Gasteiger partial charge in [-0.05, 0) is 48.0 Å². The molecule has 0 spiro atoms. The van der Waals surface area contributed by atoms with Crippen molar-refractivity contribution in [3.05, 3.63) is 115 Å². The number of aromatic nitrogens is 2. The molecular formula is C24H12F3N3O2S. The molecule has 0 amide bonds. The number of thiazole rings is 1. The fourth-order valence-corrected chi connectivity index (χ4v) is 4.21. The Morgan fingerprint density at radius 3 is 2.42 bits per heavy atom. The van der Waals surface area contributed by atoms with Crippen LogP contribution in [-0.2, 0) is 0 Å². The summed E-state index contributed by atoms with van der Waals surface area (Å²) < 4.78 is 43.1. The predicted octanol–water partition coefficient (Wildman–Crippen LogP) is 3.10. The largest absolute Gasteiger partial charge is 0.288 e. The number of rotatable bonds is 4. The van der Waals surface area contributed by atoms with Gasteiger partial charge in [0, 0.05) is 18.5 Å². The Morgan fingerprint density at radius 1 is 1.03 bits per heavy atom. The fraction of sp³-hybridized carbons (Fsp3) is 0. The molecule has 2 aromatic carbocycles. The van der Waals surface area contributed by atoms with Gasteiger partial charge in [-0.2, -0.15) is 5.26 Å². The first-order valence-corrected chi connectivity index (χ1v) is 10.2. The van der Waals surface area contributed by atoms with Crippen molar-refractivity contribution in [1.82, 2.24) is 9.55 Å². The Hall–Kier alpha value is -4.29. The number of hydrogen-bond donors (Lipinski definition) is 0. The van der Waals surface area contributed by atoms with Crippen molar-refractivity contribution in [2.75, 3.05) is 0 Å². The van der Waals surface area contributed by atoms with Crippen LogP contribution in [0, 0.1) is 28.8 Å². The highest BCUT2D eigenvalue weighted by molar-refractivity contribution is 7.07. The number of Topliss-reactive ketones (excluding diaryl/α,β-unsaturated/α-hetero) is 1. The van der Waals surface area contributed by atoms with Crippen LogP contribution in [0.4, 0.5) is 13.2 Å². The van der Waals surface area contributed by atoms with Crippen molar-refractivity contribution in [2.24, 2.45) is 0 Å². The molecule has 4 aromatic rings. The Balaban J connectivity index is 2.11. The molecule has 0 N–H and O–H groups in total. The smallest absolute Gasteiger partial charge is 0.273 e. The lowest BCUT2D eigenvalue weighted by molar-refractivity contribution is 0.105. The van der Waals surface area contributed by atoms with Crippen LogP contribution in [0.5, 0.6) is 0 Å². The third kappa shape index (κ3) is 4.24. The number of nitriles is 1. The number of hydrogen-bond acceptors (Lipinski definition) is 5. The van der Waals surface area contributed by atoms with E-state index in [9.17, 15) is 28.0 Å². The number of nitrogens with zero attached hydrogens (tertiary/aromatic N) is 3. The summed E-state index contributed by atoms with van der Waals surface area (Å²) >= 11 is 0.761. The minimum atomic E-state index is -1.07. The van der Waals surface area contributed by atoms with Gasteiger partial charge in [-0.15, -0.1) is 11.3 Å². The van der Waals surface area contributed by atoms with E-state index in [1.165, 1.54) is 36.7 Å². The molecule has 0 unspecified atom stereocenters. The van der Waals surface area contributed by atoms with Gasteiger partial charge in [0.25, 0.3) is 5.56 Å². The maximum atomic E-state index is 14.6. The molecule has 9 heteroatoms. The maximum Gasteiger partial charge on any atom is 0.273 e. The molecule has 0 atom stereocenters. The second kappa shape index (κ2) is 9.06. The van der Waals surface area contributed by atoms with Crippen LogP contribution in [0.2, 0.25) is 0 Å². The van der Waals surface area contributed by atoms with Crippen molar-refractivity contribution in [2.45, 2.75) is 0 Å². The summed E-state index contributed by atoms with van der Waals surface area (Å²) in [5, 5.41) is 9.77. The van der Waals surface area contributed by atoms with Gasteiger partial charge >= 0.3 is 0 Å². The maximum absolute atomic E-state index is 14.6.